The lowest BCUT2D eigenvalue weighted by molar-refractivity contribution is 0.00370. The van der Waals surface area contributed by atoms with E-state index in [1.54, 1.807) is 0 Å². The molecule has 0 saturated heterocycles. The molecule has 0 bridgehead atoms. The van der Waals surface area contributed by atoms with E-state index in [1.807, 2.05) is 0 Å². The van der Waals surface area contributed by atoms with Gasteiger partial charge in [0.05, 0.1) is 0 Å². The Morgan fingerprint density at radius 2 is 1.47 bits per heavy atom. The maximum Gasteiger partial charge on any atom is 0.354 e. The van der Waals surface area contributed by atoms with Gasteiger partial charge in [0.1, 0.15) is 0 Å². The number of halogens is 4. The second-order valence-electron chi connectivity index (χ2n) is 1.91. The van der Waals surface area contributed by atoms with E-state index in [0.29, 0.717) is 0 Å². The molecule has 0 atom stereocenters. The van der Waals surface area contributed by atoms with Crippen LogP contribution in [-0.2, 0) is 28.8 Å². The van der Waals surface area contributed by atoms with Crippen molar-refractivity contribution in [2.24, 2.45) is 0 Å². The largest absolute Gasteiger partial charge is 0.354 e. The van der Waals surface area contributed by atoms with Crippen molar-refractivity contribution in [2.45, 2.75) is 0 Å². The molecule has 0 N–H and O–H groups in total. The standard InChI is InChI=1S/C3H2F4O6S2/c4-2(5)3(6)12-14(8,9)1-15(10,11)13-7/h1H2. The van der Waals surface area contributed by atoms with Crippen molar-refractivity contribution >= 4 is 20.2 Å². The van der Waals surface area contributed by atoms with Crippen molar-refractivity contribution in [3.05, 3.63) is 12.1 Å². The fourth-order valence-corrected chi connectivity index (χ4v) is 2.40. The molecular formula is C3H2F4O6S2. The molecule has 0 saturated carbocycles. The highest BCUT2D eigenvalue weighted by molar-refractivity contribution is 8.03. The van der Waals surface area contributed by atoms with Crippen LogP contribution in [0.5, 0.6) is 0 Å². The van der Waals surface area contributed by atoms with Crippen LogP contribution in [0.25, 0.3) is 0 Å². The molecule has 0 aliphatic carbocycles. The van der Waals surface area contributed by atoms with Gasteiger partial charge in [-0.2, -0.15) is 30.0 Å². The van der Waals surface area contributed by atoms with E-state index < -0.39 is 37.4 Å². The SMILES string of the molecule is O=S(=O)(CS(=O)(=O)OC(F)=C(F)F)OF. The predicted molar refractivity (Wildman–Crippen MR) is 36.3 cm³/mol. The van der Waals surface area contributed by atoms with Crippen LogP contribution in [0.1, 0.15) is 0 Å². The van der Waals surface area contributed by atoms with E-state index in [1.165, 1.54) is 0 Å². The van der Waals surface area contributed by atoms with E-state index >= 15 is 0 Å². The van der Waals surface area contributed by atoms with E-state index in [9.17, 15) is 34.5 Å². The third kappa shape index (κ3) is 5.54. The molecule has 0 aliphatic rings. The zero-order valence-electron chi connectivity index (χ0n) is 6.48. The summed E-state index contributed by atoms with van der Waals surface area (Å²) in [4.78, 5) is 0. The molecule has 6 nitrogen and oxygen atoms in total. The summed E-state index contributed by atoms with van der Waals surface area (Å²) in [5.74, 6) is 0. The molecule has 0 amide bonds. The average molecular weight is 274 g/mol. The molecule has 0 aromatic carbocycles. The van der Waals surface area contributed by atoms with Crippen molar-refractivity contribution in [1.82, 2.24) is 0 Å². The second kappa shape index (κ2) is 4.76. The Kier molecular flexibility index (Phi) is 4.48. The van der Waals surface area contributed by atoms with Crippen LogP contribution >= 0.6 is 0 Å². The normalized spacial score (nSPS) is 12.3. The van der Waals surface area contributed by atoms with Crippen molar-refractivity contribution < 1.29 is 43.1 Å². The molecule has 0 rings (SSSR count). The minimum Gasteiger partial charge on any atom is -0.346 e. The predicted octanol–water partition coefficient (Wildman–Crippen LogP) is 0.556. The molecule has 0 heterocycles. The molecule has 15 heavy (non-hydrogen) atoms. The Morgan fingerprint density at radius 3 is 1.80 bits per heavy atom. The monoisotopic (exact) mass is 274 g/mol. The zero-order valence-corrected chi connectivity index (χ0v) is 8.12. The average Bonchev–Trinajstić information content (AvgIpc) is 2.01. The number of rotatable bonds is 5. The summed E-state index contributed by atoms with van der Waals surface area (Å²) < 4.78 is 92.1. The highest BCUT2D eigenvalue weighted by Gasteiger charge is 2.28. The van der Waals surface area contributed by atoms with Crippen molar-refractivity contribution in [2.75, 3.05) is 5.08 Å². The molecule has 0 unspecified atom stereocenters. The van der Waals surface area contributed by atoms with Crippen molar-refractivity contribution in [3.63, 3.8) is 0 Å². The highest BCUT2D eigenvalue weighted by atomic mass is 32.3. The highest BCUT2D eigenvalue weighted by Crippen LogP contribution is 2.15. The Balaban J connectivity index is 4.84. The first kappa shape index (κ1) is 14.1. The van der Waals surface area contributed by atoms with Crippen molar-refractivity contribution in [1.29, 1.82) is 0 Å². The first-order chi connectivity index (χ1) is 6.59. The van der Waals surface area contributed by atoms with Crippen LogP contribution in [0.4, 0.5) is 17.7 Å². The first-order valence-electron chi connectivity index (χ1n) is 2.75. The van der Waals surface area contributed by atoms with Crippen LogP contribution in [0.2, 0.25) is 0 Å². The minimum absolute atomic E-state index is 2.14. The molecule has 0 radical (unpaired) electrons. The Bertz CT molecular complexity index is 445. The summed E-state index contributed by atoms with van der Waals surface area (Å²) in [7, 11) is -10.4. The third-order valence-electron chi connectivity index (χ3n) is 0.733. The van der Waals surface area contributed by atoms with Crippen LogP contribution < -0.4 is 0 Å². The molecule has 0 aromatic heterocycles. The lowest BCUT2D eigenvalue weighted by atomic mass is 11.0. The Morgan fingerprint density at radius 1 is 1.00 bits per heavy atom. The lowest BCUT2D eigenvalue weighted by Gasteiger charge is -2.01. The topological polar surface area (TPSA) is 86.7 Å². The van der Waals surface area contributed by atoms with Crippen LogP contribution in [-0.4, -0.2) is 21.9 Å². The fourth-order valence-electron chi connectivity index (χ4n) is 0.362. The number of hydrogen-bond donors (Lipinski definition) is 0. The third-order valence-corrected chi connectivity index (χ3v) is 3.63. The van der Waals surface area contributed by atoms with Crippen molar-refractivity contribution in [3.8, 4) is 0 Å². The van der Waals surface area contributed by atoms with E-state index in [-0.39, 0.29) is 0 Å². The van der Waals surface area contributed by atoms with E-state index in [4.69, 9.17) is 0 Å². The van der Waals surface area contributed by atoms with Gasteiger partial charge < -0.3 is 4.18 Å². The van der Waals surface area contributed by atoms with Gasteiger partial charge >= 0.3 is 32.3 Å². The number of hydrogen-bond acceptors (Lipinski definition) is 6. The summed E-state index contributed by atoms with van der Waals surface area (Å²) in [6, 6.07) is -2.80. The van der Waals surface area contributed by atoms with E-state index in [2.05, 4.69) is 8.57 Å². The van der Waals surface area contributed by atoms with Gasteiger partial charge in [0.25, 0.3) is 0 Å². The molecular weight excluding hydrogens is 272 g/mol. The minimum atomic E-state index is -5.26. The fraction of sp³-hybridized carbons (Fsp3) is 0.333. The van der Waals surface area contributed by atoms with Gasteiger partial charge in [-0.3, -0.25) is 0 Å². The Hall–Kier alpha value is -0.880. The molecule has 90 valence electrons. The molecule has 12 heteroatoms. The molecule has 0 spiro atoms. The quantitative estimate of drug-likeness (QED) is 0.413. The van der Waals surface area contributed by atoms with Gasteiger partial charge in [0.2, 0.25) is 5.08 Å². The van der Waals surface area contributed by atoms with Gasteiger partial charge in [-0.25, -0.2) is 0 Å². The maximum atomic E-state index is 11.9. The summed E-state index contributed by atoms with van der Waals surface area (Å²) in [6.07, 6.45) is -3.11. The summed E-state index contributed by atoms with van der Waals surface area (Å²) in [6.45, 7) is 0. The lowest BCUT2D eigenvalue weighted by Crippen LogP contribution is -2.18. The van der Waals surface area contributed by atoms with Gasteiger partial charge in [-0.15, -0.1) is 0 Å². The summed E-state index contributed by atoms with van der Waals surface area (Å²) in [5.41, 5.74) is 0. The van der Waals surface area contributed by atoms with Gasteiger partial charge in [-0.1, -0.05) is 4.39 Å². The molecule has 0 fully saturated rings. The molecule has 0 aromatic rings. The van der Waals surface area contributed by atoms with Crippen LogP contribution in [0.15, 0.2) is 12.1 Å². The maximum absolute atomic E-state index is 11.9. The van der Waals surface area contributed by atoms with Gasteiger partial charge in [0, 0.05) is 0 Å². The zero-order chi connectivity index (χ0) is 12.3. The van der Waals surface area contributed by atoms with E-state index in [0.717, 1.165) is 0 Å². The first-order valence-corrected chi connectivity index (χ1v) is 5.91. The molecule has 0 aliphatic heterocycles. The Labute approximate surface area is 81.2 Å². The van der Waals surface area contributed by atoms with Crippen LogP contribution in [0, 0.1) is 0 Å². The summed E-state index contributed by atoms with van der Waals surface area (Å²) >= 11 is 0. The van der Waals surface area contributed by atoms with Gasteiger partial charge in [-0.05, 0) is 4.53 Å². The second-order valence-corrected chi connectivity index (χ2v) is 5.38. The smallest absolute Gasteiger partial charge is 0.346 e. The van der Waals surface area contributed by atoms with Gasteiger partial charge in [0.15, 0.2) is 0 Å². The summed E-state index contributed by atoms with van der Waals surface area (Å²) in [5, 5.41) is -2.14. The van der Waals surface area contributed by atoms with Crippen LogP contribution in [0.3, 0.4) is 0 Å².